The summed E-state index contributed by atoms with van der Waals surface area (Å²) >= 11 is 0. The molecule has 0 saturated heterocycles. The van der Waals surface area contributed by atoms with Crippen LogP contribution in [0.15, 0.2) is 40.8 Å². The van der Waals surface area contributed by atoms with E-state index in [-0.39, 0.29) is 23.9 Å². The Morgan fingerprint density at radius 1 is 1.30 bits per heavy atom. The van der Waals surface area contributed by atoms with E-state index in [4.69, 9.17) is 4.74 Å². The van der Waals surface area contributed by atoms with Gasteiger partial charge in [0, 0.05) is 13.1 Å². The first-order valence-electron chi connectivity index (χ1n) is 7.18. The summed E-state index contributed by atoms with van der Waals surface area (Å²) in [5.41, 5.74) is 1.41. The Morgan fingerprint density at radius 3 is 2.57 bits per heavy atom. The van der Waals surface area contributed by atoms with Gasteiger partial charge in [0.15, 0.2) is 0 Å². The van der Waals surface area contributed by atoms with Crippen LogP contribution in [0.25, 0.3) is 0 Å². The number of benzene rings is 1. The third-order valence-electron chi connectivity index (χ3n) is 3.32. The van der Waals surface area contributed by atoms with Crippen LogP contribution in [0, 0.1) is 0 Å². The number of nitrogens with one attached hydrogen (secondary N) is 2. The van der Waals surface area contributed by atoms with E-state index in [2.05, 4.69) is 10.0 Å². The average Bonchev–Trinajstić information content (AvgIpc) is 2.54. The van der Waals surface area contributed by atoms with Gasteiger partial charge in [-0.2, -0.15) is 0 Å². The maximum Gasteiger partial charge on any atom is 0.338 e. The van der Waals surface area contributed by atoms with E-state index in [9.17, 15) is 13.2 Å². The summed E-state index contributed by atoms with van der Waals surface area (Å²) in [4.78, 5) is 11.7. The molecule has 0 amide bonds. The quantitative estimate of drug-likeness (QED) is 0.593. The van der Waals surface area contributed by atoms with E-state index in [1.165, 1.54) is 24.3 Å². The fraction of sp³-hybridized carbons (Fsp3) is 0.400. The number of hydrogen-bond acceptors (Lipinski definition) is 5. The molecule has 2 N–H and O–H groups in total. The molecule has 8 heteroatoms. The number of carbonyl (C=O) groups excluding carboxylic acids is 1. The van der Waals surface area contributed by atoms with Crippen LogP contribution in [0.3, 0.4) is 0 Å². The van der Waals surface area contributed by atoms with Crippen LogP contribution in [0.1, 0.15) is 23.7 Å². The summed E-state index contributed by atoms with van der Waals surface area (Å²) in [6.45, 7) is 3.94. The first kappa shape index (κ1) is 19.6. The van der Waals surface area contributed by atoms with Gasteiger partial charge in [0.1, 0.15) is 0 Å². The third-order valence-corrected chi connectivity index (χ3v) is 4.74. The molecular weight excluding hydrogens is 340 g/mol. The van der Waals surface area contributed by atoms with Crippen molar-refractivity contribution in [1.82, 2.24) is 10.0 Å². The number of carbonyl (C=O) groups is 1. The van der Waals surface area contributed by atoms with Crippen LogP contribution in [0.4, 0.5) is 0 Å². The van der Waals surface area contributed by atoms with Gasteiger partial charge in [0.25, 0.3) is 0 Å². The Hall–Kier alpha value is -1.41. The molecule has 0 unspecified atom stereocenters. The number of sulfonamides is 1. The maximum absolute atomic E-state index is 12.2. The highest BCUT2D eigenvalue weighted by Crippen LogP contribution is 2.12. The number of rotatable bonds is 6. The van der Waals surface area contributed by atoms with Crippen molar-refractivity contribution in [3.05, 3.63) is 41.5 Å². The lowest BCUT2D eigenvalue weighted by atomic mass is 10.1. The van der Waals surface area contributed by atoms with E-state index in [1.807, 2.05) is 6.08 Å². The van der Waals surface area contributed by atoms with Crippen molar-refractivity contribution in [2.24, 2.45) is 0 Å². The maximum atomic E-state index is 12.2. The minimum atomic E-state index is -3.58. The summed E-state index contributed by atoms with van der Waals surface area (Å²) in [5, 5.41) is 3.17. The van der Waals surface area contributed by atoms with Gasteiger partial charge in [-0.3, -0.25) is 0 Å². The van der Waals surface area contributed by atoms with Gasteiger partial charge in [0.2, 0.25) is 10.0 Å². The summed E-state index contributed by atoms with van der Waals surface area (Å²) < 4.78 is 31.9. The van der Waals surface area contributed by atoms with Gasteiger partial charge in [-0.25, -0.2) is 17.9 Å². The van der Waals surface area contributed by atoms with Crippen LogP contribution in [0.5, 0.6) is 0 Å². The zero-order valence-corrected chi connectivity index (χ0v) is 14.5. The minimum absolute atomic E-state index is 0. The molecule has 0 radical (unpaired) electrons. The van der Waals surface area contributed by atoms with E-state index in [0.29, 0.717) is 12.1 Å². The Labute approximate surface area is 142 Å². The summed E-state index contributed by atoms with van der Waals surface area (Å²) in [7, 11) is -3.58. The highest BCUT2D eigenvalue weighted by Gasteiger charge is 2.16. The zero-order valence-electron chi connectivity index (χ0n) is 12.9. The number of halogens is 1. The number of hydrogen-bond donors (Lipinski definition) is 2. The second-order valence-electron chi connectivity index (χ2n) is 4.89. The van der Waals surface area contributed by atoms with Crippen LogP contribution in [-0.2, 0) is 14.8 Å². The first-order valence-corrected chi connectivity index (χ1v) is 8.66. The van der Waals surface area contributed by atoms with Crippen molar-refractivity contribution >= 4 is 28.4 Å². The molecule has 0 saturated carbocycles. The van der Waals surface area contributed by atoms with E-state index in [0.717, 1.165) is 25.1 Å². The lowest BCUT2D eigenvalue weighted by Crippen LogP contribution is -2.29. The molecule has 23 heavy (non-hydrogen) atoms. The minimum Gasteiger partial charge on any atom is -0.462 e. The van der Waals surface area contributed by atoms with Crippen LogP contribution >= 0.6 is 12.4 Å². The van der Waals surface area contributed by atoms with Crippen LogP contribution < -0.4 is 10.0 Å². The zero-order chi connectivity index (χ0) is 16.0. The molecule has 0 aliphatic carbocycles. The number of esters is 1. The normalized spacial score (nSPS) is 14.6. The molecule has 2 rings (SSSR count). The van der Waals surface area contributed by atoms with E-state index < -0.39 is 16.0 Å². The van der Waals surface area contributed by atoms with Gasteiger partial charge < -0.3 is 10.1 Å². The fourth-order valence-corrected chi connectivity index (χ4v) is 3.12. The SMILES string of the molecule is CCOC(=O)c1ccc(S(=O)(=O)NCC2=CCNCC2)cc1.Cl. The van der Waals surface area contributed by atoms with Gasteiger partial charge >= 0.3 is 5.97 Å². The fourth-order valence-electron chi connectivity index (χ4n) is 2.09. The molecule has 0 bridgehead atoms. The molecule has 6 nitrogen and oxygen atoms in total. The van der Waals surface area contributed by atoms with Crippen molar-refractivity contribution < 1.29 is 17.9 Å². The molecular formula is C15H21ClN2O4S. The van der Waals surface area contributed by atoms with Crippen molar-refractivity contribution in [3.8, 4) is 0 Å². The smallest absolute Gasteiger partial charge is 0.338 e. The molecule has 1 aliphatic rings. The van der Waals surface area contributed by atoms with Crippen molar-refractivity contribution in [1.29, 1.82) is 0 Å². The molecule has 128 valence electrons. The molecule has 1 aliphatic heterocycles. The van der Waals surface area contributed by atoms with Crippen molar-refractivity contribution in [2.45, 2.75) is 18.2 Å². The Morgan fingerprint density at radius 2 is 2.00 bits per heavy atom. The topological polar surface area (TPSA) is 84.5 Å². The molecule has 0 atom stereocenters. The highest BCUT2D eigenvalue weighted by atomic mass is 35.5. The Kier molecular flexibility index (Phi) is 7.70. The summed E-state index contributed by atoms with van der Waals surface area (Å²) in [5.74, 6) is -0.459. The lowest BCUT2D eigenvalue weighted by molar-refractivity contribution is 0.0526. The second kappa shape index (κ2) is 9.02. The van der Waals surface area contributed by atoms with Gasteiger partial charge in [-0.15, -0.1) is 12.4 Å². The average molecular weight is 361 g/mol. The summed E-state index contributed by atoms with van der Waals surface area (Å²) in [6, 6.07) is 5.73. The predicted molar refractivity (Wildman–Crippen MR) is 90.4 cm³/mol. The third kappa shape index (κ3) is 5.62. The standard InChI is InChI=1S/C15H20N2O4S.ClH/c1-2-21-15(18)13-3-5-14(6-4-13)22(19,20)17-11-12-7-9-16-10-8-12;/h3-7,16-17H,2,8-11H2,1H3;1H. The number of ether oxygens (including phenoxy) is 1. The van der Waals surface area contributed by atoms with E-state index in [1.54, 1.807) is 6.92 Å². The Bertz CT molecular complexity index is 657. The molecule has 0 aromatic heterocycles. The van der Waals surface area contributed by atoms with Crippen molar-refractivity contribution in [3.63, 3.8) is 0 Å². The van der Waals surface area contributed by atoms with Crippen LogP contribution in [0.2, 0.25) is 0 Å². The van der Waals surface area contributed by atoms with Gasteiger partial charge in [-0.05, 0) is 44.2 Å². The molecule has 1 aromatic carbocycles. The van der Waals surface area contributed by atoms with E-state index >= 15 is 0 Å². The largest absolute Gasteiger partial charge is 0.462 e. The summed E-state index contributed by atoms with van der Waals surface area (Å²) in [6.07, 6.45) is 2.83. The predicted octanol–water partition coefficient (Wildman–Crippen LogP) is 1.48. The van der Waals surface area contributed by atoms with Gasteiger partial charge in [-0.1, -0.05) is 11.6 Å². The monoisotopic (exact) mass is 360 g/mol. The lowest BCUT2D eigenvalue weighted by Gasteiger charge is -2.14. The first-order chi connectivity index (χ1) is 10.5. The molecule has 0 spiro atoms. The van der Waals surface area contributed by atoms with Crippen molar-refractivity contribution in [2.75, 3.05) is 26.2 Å². The molecule has 0 fully saturated rings. The molecule has 1 heterocycles. The molecule has 1 aromatic rings. The Balaban J connectivity index is 0.00000264. The highest BCUT2D eigenvalue weighted by molar-refractivity contribution is 7.89. The van der Waals surface area contributed by atoms with Gasteiger partial charge in [0.05, 0.1) is 17.1 Å². The second-order valence-corrected chi connectivity index (χ2v) is 6.65. The van der Waals surface area contributed by atoms with Crippen LogP contribution in [-0.4, -0.2) is 40.6 Å².